The summed E-state index contributed by atoms with van der Waals surface area (Å²) in [7, 11) is 0. The molecule has 1 aromatic heterocycles. The van der Waals surface area contributed by atoms with E-state index in [0.29, 0.717) is 11.6 Å². The summed E-state index contributed by atoms with van der Waals surface area (Å²) in [5, 5.41) is 12.0. The van der Waals surface area contributed by atoms with E-state index < -0.39 is 0 Å². The van der Waals surface area contributed by atoms with Gasteiger partial charge in [0.25, 0.3) is 0 Å². The van der Waals surface area contributed by atoms with Crippen LogP contribution in [0.1, 0.15) is 18.9 Å². The Hall–Kier alpha value is -1.60. The van der Waals surface area contributed by atoms with Gasteiger partial charge in [-0.3, -0.25) is 0 Å². The summed E-state index contributed by atoms with van der Waals surface area (Å²) in [4.78, 5) is 4.17. The van der Waals surface area contributed by atoms with Crippen molar-refractivity contribution in [3.63, 3.8) is 0 Å². The van der Waals surface area contributed by atoms with E-state index in [2.05, 4.69) is 16.4 Å². The fraction of sp³-hybridized carbons (Fsp3) is 0.455. The molecule has 0 saturated carbocycles. The molecule has 0 spiro atoms. The van der Waals surface area contributed by atoms with Gasteiger partial charge in [-0.05, 0) is 25.5 Å². The first-order chi connectivity index (χ1) is 7.29. The van der Waals surface area contributed by atoms with Gasteiger partial charge in [-0.1, -0.05) is 0 Å². The monoisotopic (exact) mass is 203 g/mol. The first kappa shape index (κ1) is 9.94. The van der Waals surface area contributed by atoms with Crippen molar-refractivity contribution in [1.29, 1.82) is 5.26 Å². The maximum atomic E-state index is 8.74. The molecule has 2 atom stereocenters. The zero-order chi connectivity index (χ0) is 10.7. The van der Waals surface area contributed by atoms with Gasteiger partial charge in [-0.15, -0.1) is 0 Å². The van der Waals surface area contributed by atoms with Crippen molar-refractivity contribution in [2.45, 2.75) is 25.5 Å². The van der Waals surface area contributed by atoms with Crippen LogP contribution in [0.2, 0.25) is 0 Å². The predicted molar refractivity (Wildman–Crippen MR) is 56.4 cm³/mol. The quantitative estimate of drug-likeness (QED) is 0.792. The van der Waals surface area contributed by atoms with Crippen LogP contribution in [0.5, 0.6) is 0 Å². The first-order valence-electron chi connectivity index (χ1n) is 5.04. The van der Waals surface area contributed by atoms with Gasteiger partial charge < -0.3 is 10.1 Å². The molecule has 4 nitrogen and oxygen atoms in total. The van der Waals surface area contributed by atoms with E-state index in [1.807, 2.05) is 6.92 Å². The number of nitrogens with zero attached hydrogens (tertiary/aromatic N) is 2. The van der Waals surface area contributed by atoms with Crippen molar-refractivity contribution in [2.75, 3.05) is 11.9 Å². The number of anilines is 1. The predicted octanol–water partition coefficient (Wildman–Crippen LogP) is 1.54. The molecule has 1 aromatic rings. The maximum Gasteiger partial charge on any atom is 0.127 e. The smallest absolute Gasteiger partial charge is 0.127 e. The van der Waals surface area contributed by atoms with E-state index in [9.17, 15) is 0 Å². The lowest BCUT2D eigenvalue weighted by Gasteiger charge is -2.16. The van der Waals surface area contributed by atoms with Crippen LogP contribution in [0.25, 0.3) is 0 Å². The molecule has 1 N–H and O–H groups in total. The molecule has 0 unspecified atom stereocenters. The molecule has 1 fully saturated rings. The van der Waals surface area contributed by atoms with E-state index in [0.717, 1.165) is 18.8 Å². The molecule has 0 radical (unpaired) electrons. The van der Waals surface area contributed by atoms with Crippen LogP contribution in [-0.4, -0.2) is 23.7 Å². The zero-order valence-electron chi connectivity index (χ0n) is 8.60. The van der Waals surface area contributed by atoms with Gasteiger partial charge in [0.1, 0.15) is 5.82 Å². The Labute approximate surface area is 88.9 Å². The fourth-order valence-corrected chi connectivity index (χ4v) is 1.69. The highest BCUT2D eigenvalue weighted by atomic mass is 16.5. The summed E-state index contributed by atoms with van der Waals surface area (Å²) in [6.45, 7) is 2.83. The molecule has 1 aliphatic rings. The molecular weight excluding hydrogens is 190 g/mol. The number of hydrogen-bond acceptors (Lipinski definition) is 4. The summed E-state index contributed by atoms with van der Waals surface area (Å²) in [6.07, 6.45) is 2.83. The van der Waals surface area contributed by atoms with Crippen LogP contribution in [0.4, 0.5) is 5.82 Å². The molecule has 0 aromatic carbocycles. The van der Waals surface area contributed by atoms with Crippen molar-refractivity contribution in [3.05, 3.63) is 23.9 Å². The van der Waals surface area contributed by atoms with Gasteiger partial charge in [0.05, 0.1) is 23.8 Å². The van der Waals surface area contributed by atoms with Crippen LogP contribution in [0, 0.1) is 11.3 Å². The molecule has 0 amide bonds. The van der Waals surface area contributed by atoms with Crippen LogP contribution < -0.4 is 5.32 Å². The minimum Gasteiger partial charge on any atom is -0.376 e. The van der Waals surface area contributed by atoms with Gasteiger partial charge in [-0.2, -0.15) is 5.26 Å². The normalized spacial score (nSPS) is 24.8. The second-order valence-electron chi connectivity index (χ2n) is 3.66. The first-order valence-corrected chi connectivity index (χ1v) is 5.04. The molecule has 1 saturated heterocycles. The van der Waals surface area contributed by atoms with Crippen LogP contribution in [0.3, 0.4) is 0 Å². The van der Waals surface area contributed by atoms with Crippen LogP contribution in [0.15, 0.2) is 18.3 Å². The maximum absolute atomic E-state index is 8.74. The summed E-state index contributed by atoms with van der Waals surface area (Å²) < 4.78 is 5.44. The number of nitriles is 1. The third-order valence-corrected chi connectivity index (χ3v) is 2.60. The topological polar surface area (TPSA) is 57.9 Å². The molecule has 15 heavy (non-hydrogen) atoms. The third kappa shape index (κ3) is 2.25. The minimum atomic E-state index is 0.206. The highest BCUT2D eigenvalue weighted by Gasteiger charge is 2.24. The van der Waals surface area contributed by atoms with E-state index >= 15 is 0 Å². The Morgan fingerprint density at radius 2 is 2.53 bits per heavy atom. The molecule has 4 heteroatoms. The van der Waals surface area contributed by atoms with Crippen molar-refractivity contribution in [2.24, 2.45) is 0 Å². The van der Waals surface area contributed by atoms with Gasteiger partial charge >= 0.3 is 0 Å². The minimum absolute atomic E-state index is 0.206. The van der Waals surface area contributed by atoms with E-state index in [-0.39, 0.29) is 6.10 Å². The Bertz CT molecular complexity index is 386. The summed E-state index contributed by atoms with van der Waals surface area (Å²) in [5.41, 5.74) is 0.624. The Balaban J connectivity index is 2.07. The molecule has 2 rings (SSSR count). The number of aromatic nitrogens is 1. The van der Waals surface area contributed by atoms with Gasteiger partial charge in [0.2, 0.25) is 0 Å². The lowest BCUT2D eigenvalue weighted by molar-refractivity contribution is 0.121. The number of rotatable bonds is 2. The van der Waals surface area contributed by atoms with Gasteiger partial charge in [0, 0.05) is 12.8 Å². The molecule has 0 aliphatic carbocycles. The Morgan fingerprint density at radius 1 is 1.67 bits per heavy atom. The van der Waals surface area contributed by atoms with Gasteiger partial charge in [0.15, 0.2) is 0 Å². The van der Waals surface area contributed by atoms with E-state index in [1.165, 1.54) is 0 Å². The van der Waals surface area contributed by atoms with Crippen molar-refractivity contribution in [1.82, 2.24) is 4.98 Å². The molecule has 78 valence electrons. The second-order valence-corrected chi connectivity index (χ2v) is 3.66. The second kappa shape index (κ2) is 4.28. The fourth-order valence-electron chi connectivity index (χ4n) is 1.69. The number of ether oxygens (including phenoxy) is 1. The largest absolute Gasteiger partial charge is 0.376 e. The number of hydrogen-bond donors (Lipinski definition) is 1. The average Bonchev–Trinajstić information content (AvgIpc) is 2.65. The third-order valence-electron chi connectivity index (χ3n) is 2.60. The number of pyridine rings is 1. The zero-order valence-corrected chi connectivity index (χ0v) is 8.60. The average molecular weight is 203 g/mol. The Morgan fingerprint density at radius 3 is 3.20 bits per heavy atom. The lowest BCUT2D eigenvalue weighted by Crippen LogP contribution is -2.27. The standard InChI is InChI=1S/C11H13N3O/c1-8-10(3-5-15-8)14-11-6-9(7-12)2-4-13-11/h2,4,6,8,10H,3,5H2,1H3,(H,13,14)/t8-,10-/m1/s1. The molecular formula is C11H13N3O. The van der Waals surface area contributed by atoms with Crippen molar-refractivity contribution in [3.8, 4) is 6.07 Å². The van der Waals surface area contributed by atoms with E-state index in [1.54, 1.807) is 18.3 Å². The summed E-state index contributed by atoms with van der Waals surface area (Å²) >= 11 is 0. The molecule has 1 aliphatic heterocycles. The summed E-state index contributed by atoms with van der Waals surface area (Å²) in [6, 6.07) is 5.84. The molecule has 0 bridgehead atoms. The number of nitrogens with one attached hydrogen (secondary N) is 1. The van der Waals surface area contributed by atoms with Crippen molar-refractivity contribution >= 4 is 5.82 Å². The highest BCUT2D eigenvalue weighted by molar-refractivity contribution is 5.43. The Kier molecular flexibility index (Phi) is 2.84. The van der Waals surface area contributed by atoms with Crippen LogP contribution in [-0.2, 0) is 4.74 Å². The highest BCUT2D eigenvalue weighted by Crippen LogP contribution is 2.17. The van der Waals surface area contributed by atoms with Crippen LogP contribution >= 0.6 is 0 Å². The molecule has 2 heterocycles. The summed E-state index contributed by atoms with van der Waals surface area (Å²) in [5.74, 6) is 0.747. The van der Waals surface area contributed by atoms with Gasteiger partial charge in [-0.25, -0.2) is 4.98 Å². The van der Waals surface area contributed by atoms with E-state index in [4.69, 9.17) is 10.00 Å². The SMILES string of the molecule is C[C@H]1OCC[C@H]1Nc1cc(C#N)ccn1. The van der Waals surface area contributed by atoms with Crippen molar-refractivity contribution < 1.29 is 4.74 Å². The lowest BCUT2D eigenvalue weighted by atomic mass is 10.1.